The minimum Gasteiger partial charge on any atom is -0.396 e. The van der Waals surface area contributed by atoms with E-state index in [4.69, 9.17) is 22.0 Å². The molecule has 3 nitrogen and oxygen atoms in total. The number of nitrogens with zero attached hydrogens (tertiary/aromatic N) is 2. The van der Waals surface area contributed by atoms with Gasteiger partial charge in [-0.15, -0.1) is 0 Å². The molecule has 0 unspecified atom stereocenters. The van der Waals surface area contributed by atoms with E-state index in [9.17, 15) is 0 Å². The molecule has 78 valence electrons. The summed E-state index contributed by atoms with van der Waals surface area (Å²) in [5.41, 5.74) is 1.52. The molecule has 1 aliphatic heterocycles. The third-order valence-electron chi connectivity index (χ3n) is 2.63. The van der Waals surface area contributed by atoms with Crippen molar-refractivity contribution in [1.82, 2.24) is 0 Å². The summed E-state index contributed by atoms with van der Waals surface area (Å²) in [6.07, 6.45) is 0. The van der Waals surface area contributed by atoms with Gasteiger partial charge in [0.2, 0.25) is 0 Å². The number of benzene rings is 1. The average Bonchev–Trinajstić information content (AvgIpc) is 2.18. The first-order chi connectivity index (χ1) is 7.24. The van der Waals surface area contributed by atoms with Gasteiger partial charge in [0, 0.05) is 25.6 Å². The molecule has 1 fully saturated rings. The third kappa shape index (κ3) is 1.92. The van der Waals surface area contributed by atoms with Crippen molar-refractivity contribution in [2.75, 3.05) is 24.6 Å². The highest BCUT2D eigenvalue weighted by molar-refractivity contribution is 6.33. The molecule has 0 saturated carbocycles. The largest absolute Gasteiger partial charge is 0.396 e. The van der Waals surface area contributed by atoms with Gasteiger partial charge in [-0.2, -0.15) is 5.26 Å². The third-order valence-corrected chi connectivity index (χ3v) is 2.94. The Bertz CT molecular complexity index is 408. The summed E-state index contributed by atoms with van der Waals surface area (Å²) in [7, 11) is 0. The second-order valence-electron chi connectivity index (χ2n) is 3.73. The van der Waals surface area contributed by atoms with Gasteiger partial charge in [-0.3, -0.25) is 0 Å². The zero-order valence-electron chi connectivity index (χ0n) is 8.15. The Hall–Kier alpha value is -1.24. The van der Waals surface area contributed by atoms with Crippen LogP contribution in [0.3, 0.4) is 0 Å². The molecule has 1 aliphatic rings. The van der Waals surface area contributed by atoms with Gasteiger partial charge < -0.3 is 10.0 Å². The molecule has 0 amide bonds. The topological polar surface area (TPSA) is 47.3 Å². The molecule has 0 spiro atoms. The van der Waals surface area contributed by atoms with Gasteiger partial charge in [-0.25, -0.2) is 0 Å². The Morgan fingerprint density at radius 1 is 1.53 bits per heavy atom. The Morgan fingerprint density at radius 3 is 2.80 bits per heavy atom. The van der Waals surface area contributed by atoms with Crippen LogP contribution in [0.15, 0.2) is 18.2 Å². The van der Waals surface area contributed by atoms with Crippen LogP contribution >= 0.6 is 11.6 Å². The van der Waals surface area contributed by atoms with Gasteiger partial charge in [0.25, 0.3) is 0 Å². The second-order valence-corrected chi connectivity index (χ2v) is 4.14. The first-order valence-corrected chi connectivity index (χ1v) is 5.18. The van der Waals surface area contributed by atoms with Crippen LogP contribution in [0.1, 0.15) is 5.56 Å². The SMILES string of the molecule is N#Cc1ccc(N2CC(CO)C2)c(Cl)c1. The van der Waals surface area contributed by atoms with Crippen LogP contribution in [0.25, 0.3) is 0 Å². The number of hydrogen-bond donors (Lipinski definition) is 1. The maximum Gasteiger partial charge on any atom is 0.0992 e. The van der Waals surface area contributed by atoms with Crippen LogP contribution in [0.5, 0.6) is 0 Å². The maximum absolute atomic E-state index is 8.90. The van der Waals surface area contributed by atoms with Crippen molar-refractivity contribution in [3.8, 4) is 6.07 Å². The lowest BCUT2D eigenvalue weighted by Crippen LogP contribution is -2.48. The van der Waals surface area contributed by atoms with Gasteiger partial charge >= 0.3 is 0 Å². The maximum atomic E-state index is 8.90. The fourth-order valence-corrected chi connectivity index (χ4v) is 2.02. The van der Waals surface area contributed by atoms with Gasteiger partial charge in [-0.1, -0.05) is 11.6 Å². The average molecular weight is 223 g/mol. The fraction of sp³-hybridized carbons (Fsp3) is 0.364. The Labute approximate surface area is 93.5 Å². The Morgan fingerprint density at radius 2 is 2.27 bits per heavy atom. The van der Waals surface area contributed by atoms with Crippen molar-refractivity contribution < 1.29 is 5.11 Å². The summed E-state index contributed by atoms with van der Waals surface area (Å²) in [5.74, 6) is 0.358. The van der Waals surface area contributed by atoms with Crippen molar-refractivity contribution in [2.45, 2.75) is 0 Å². The summed E-state index contributed by atoms with van der Waals surface area (Å²) >= 11 is 6.05. The Balaban J connectivity index is 2.14. The molecular formula is C11H11ClN2O. The number of halogens is 1. The minimum absolute atomic E-state index is 0.227. The van der Waals surface area contributed by atoms with Crippen molar-refractivity contribution in [1.29, 1.82) is 5.26 Å². The monoisotopic (exact) mass is 222 g/mol. The standard InChI is InChI=1S/C11H11ClN2O/c12-10-3-8(4-13)1-2-11(10)14-5-9(6-14)7-15/h1-3,9,15H,5-7H2. The van der Waals surface area contributed by atoms with Gasteiger partial charge in [0.05, 0.1) is 22.3 Å². The highest BCUT2D eigenvalue weighted by atomic mass is 35.5. The fourth-order valence-electron chi connectivity index (χ4n) is 1.71. The number of hydrogen-bond acceptors (Lipinski definition) is 3. The summed E-state index contributed by atoms with van der Waals surface area (Å²) in [4.78, 5) is 2.10. The number of nitriles is 1. The van der Waals surface area contributed by atoms with E-state index >= 15 is 0 Å². The zero-order valence-corrected chi connectivity index (χ0v) is 8.91. The van der Waals surface area contributed by atoms with Crippen LogP contribution in [0.4, 0.5) is 5.69 Å². The van der Waals surface area contributed by atoms with Crippen LogP contribution in [-0.4, -0.2) is 24.8 Å². The minimum atomic E-state index is 0.227. The molecule has 2 rings (SSSR count). The van der Waals surface area contributed by atoms with Crippen LogP contribution < -0.4 is 4.90 Å². The van der Waals surface area contributed by atoms with Crippen molar-refractivity contribution in [3.63, 3.8) is 0 Å². The summed E-state index contributed by atoms with van der Waals surface area (Å²) in [5, 5.41) is 18.2. The summed E-state index contributed by atoms with van der Waals surface area (Å²) in [6.45, 7) is 1.90. The molecule has 1 aromatic carbocycles. The van der Waals surface area contributed by atoms with E-state index in [1.165, 1.54) is 0 Å². The molecule has 0 aliphatic carbocycles. The van der Waals surface area contributed by atoms with E-state index in [0.717, 1.165) is 18.8 Å². The van der Waals surface area contributed by atoms with Crippen molar-refractivity contribution in [3.05, 3.63) is 28.8 Å². The van der Waals surface area contributed by atoms with E-state index in [0.29, 0.717) is 16.5 Å². The molecule has 4 heteroatoms. The van der Waals surface area contributed by atoms with Crippen molar-refractivity contribution >= 4 is 17.3 Å². The molecule has 1 saturated heterocycles. The number of aliphatic hydroxyl groups is 1. The lowest BCUT2D eigenvalue weighted by Gasteiger charge is -2.40. The quantitative estimate of drug-likeness (QED) is 0.828. The zero-order chi connectivity index (χ0) is 10.8. The second kappa shape index (κ2) is 4.09. The highest BCUT2D eigenvalue weighted by Crippen LogP contribution is 2.31. The normalized spacial score (nSPS) is 15.9. The summed E-state index contributed by atoms with van der Waals surface area (Å²) in [6, 6.07) is 7.33. The molecule has 1 N–H and O–H groups in total. The van der Waals surface area contributed by atoms with Gasteiger partial charge in [0.15, 0.2) is 0 Å². The van der Waals surface area contributed by atoms with E-state index in [-0.39, 0.29) is 6.61 Å². The van der Waals surface area contributed by atoms with Gasteiger partial charge in [-0.05, 0) is 18.2 Å². The van der Waals surface area contributed by atoms with E-state index in [1.807, 2.05) is 12.1 Å². The predicted molar refractivity (Wildman–Crippen MR) is 59.0 cm³/mol. The number of aliphatic hydroxyl groups excluding tert-OH is 1. The smallest absolute Gasteiger partial charge is 0.0992 e. The van der Waals surface area contributed by atoms with E-state index in [2.05, 4.69) is 4.90 Å². The molecule has 1 aromatic rings. The molecule has 0 radical (unpaired) electrons. The lowest BCUT2D eigenvalue weighted by atomic mass is 10.00. The number of anilines is 1. The van der Waals surface area contributed by atoms with E-state index in [1.54, 1.807) is 12.1 Å². The Kier molecular flexibility index (Phi) is 2.81. The highest BCUT2D eigenvalue weighted by Gasteiger charge is 2.27. The summed E-state index contributed by atoms with van der Waals surface area (Å²) < 4.78 is 0. The van der Waals surface area contributed by atoms with Crippen LogP contribution in [0.2, 0.25) is 5.02 Å². The van der Waals surface area contributed by atoms with Crippen LogP contribution in [-0.2, 0) is 0 Å². The molecule has 1 heterocycles. The molecule has 0 bridgehead atoms. The molecular weight excluding hydrogens is 212 g/mol. The predicted octanol–water partition coefficient (Wildman–Crippen LogP) is 1.64. The molecule has 0 atom stereocenters. The van der Waals surface area contributed by atoms with Crippen LogP contribution in [0, 0.1) is 17.2 Å². The number of rotatable bonds is 2. The lowest BCUT2D eigenvalue weighted by molar-refractivity contribution is 0.201. The first-order valence-electron chi connectivity index (χ1n) is 4.80. The molecule has 0 aromatic heterocycles. The van der Waals surface area contributed by atoms with E-state index < -0.39 is 0 Å². The van der Waals surface area contributed by atoms with Crippen molar-refractivity contribution in [2.24, 2.45) is 5.92 Å². The van der Waals surface area contributed by atoms with Gasteiger partial charge in [0.1, 0.15) is 0 Å². The molecule has 15 heavy (non-hydrogen) atoms. The first kappa shape index (κ1) is 10.3.